The summed E-state index contributed by atoms with van der Waals surface area (Å²) in [6.07, 6.45) is 3.40. The SMILES string of the molecule is CCCNC(CCO)CN1CC(C)CC(C)C1. The number of nitrogens with zero attached hydrogens (tertiary/aromatic N) is 1. The van der Waals surface area contributed by atoms with E-state index in [4.69, 9.17) is 5.11 Å². The Bertz CT molecular complexity index is 189. The van der Waals surface area contributed by atoms with E-state index in [-0.39, 0.29) is 0 Å². The maximum atomic E-state index is 9.11. The van der Waals surface area contributed by atoms with Gasteiger partial charge in [-0.2, -0.15) is 0 Å². The summed E-state index contributed by atoms with van der Waals surface area (Å²) >= 11 is 0. The molecular formula is C14H30N2O. The van der Waals surface area contributed by atoms with Crippen LogP contribution in [0.25, 0.3) is 0 Å². The predicted molar refractivity (Wildman–Crippen MR) is 73.2 cm³/mol. The Morgan fingerprint density at radius 3 is 2.47 bits per heavy atom. The van der Waals surface area contributed by atoms with Gasteiger partial charge in [0.1, 0.15) is 0 Å². The van der Waals surface area contributed by atoms with E-state index >= 15 is 0 Å². The summed E-state index contributed by atoms with van der Waals surface area (Å²) in [7, 11) is 0. The molecule has 1 rings (SSSR count). The summed E-state index contributed by atoms with van der Waals surface area (Å²) in [5.41, 5.74) is 0. The van der Waals surface area contributed by atoms with Crippen molar-refractivity contribution in [3.05, 3.63) is 0 Å². The van der Waals surface area contributed by atoms with Crippen molar-refractivity contribution in [3.8, 4) is 0 Å². The molecule has 1 fully saturated rings. The van der Waals surface area contributed by atoms with E-state index in [1.807, 2.05) is 0 Å². The molecule has 102 valence electrons. The van der Waals surface area contributed by atoms with Crippen molar-refractivity contribution in [2.45, 2.75) is 46.1 Å². The summed E-state index contributed by atoms with van der Waals surface area (Å²) in [5.74, 6) is 1.64. The normalized spacial score (nSPS) is 28.2. The molecule has 3 heteroatoms. The van der Waals surface area contributed by atoms with Crippen LogP contribution in [0, 0.1) is 11.8 Å². The first-order valence-electron chi connectivity index (χ1n) is 7.22. The topological polar surface area (TPSA) is 35.5 Å². The van der Waals surface area contributed by atoms with E-state index in [2.05, 4.69) is 31.0 Å². The third-order valence-electron chi connectivity index (χ3n) is 3.58. The largest absolute Gasteiger partial charge is 0.396 e. The summed E-state index contributed by atoms with van der Waals surface area (Å²) < 4.78 is 0. The fourth-order valence-corrected chi connectivity index (χ4v) is 3.01. The molecule has 0 saturated carbocycles. The van der Waals surface area contributed by atoms with Crippen LogP contribution in [-0.2, 0) is 0 Å². The molecule has 0 aromatic rings. The average Bonchev–Trinajstić information content (AvgIpc) is 2.24. The Labute approximate surface area is 107 Å². The van der Waals surface area contributed by atoms with E-state index in [9.17, 15) is 0 Å². The number of hydrogen-bond donors (Lipinski definition) is 2. The molecule has 3 nitrogen and oxygen atoms in total. The lowest BCUT2D eigenvalue weighted by Crippen LogP contribution is -2.47. The lowest BCUT2D eigenvalue weighted by Gasteiger charge is -2.37. The Balaban J connectivity index is 2.36. The van der Waals surface area contributed by atoms with Gasteiger partial charge in [-0.25, -0.2) is 0 Å². The quantitative estimate of drug-likeness (QED) is 0.713. The van der Waals surface area contributed by atoms with Gasteiger partial charge in [-0.15, -0.1) is 0 Å². The average molecular weight is 242 g/mol. The third-order valence-corrected chi connectivity index (χ3v) is 3.58. The summed E-state index contributed by atoms with van der Waals surface area (Å²) in [6, 6.07) is 0.456. The minimum absolute atomic E-state index is 0.292. The summed E-state index contributed by atoms with van der Waals surface area (Å²) in [5, 5.41) is 12.7. The Kier molecular flexibility index (Phi) is 7.09. The number of rotatable bonds is 7. The van der Waals surface area contributed by atoms with Crippen LogP contribution in [0.3, 0.4) is 0 Å². The highest BCUT2D eigenvalue weighted by atomic mass is 16.3. The molecular weight excluding hydrogens is 212 g/mol. The lowest BCUT2D eigenvalue weighted by atomic mass is 9.91. The highest BCUT2D eigenvalue weighted by Gasteiger charge is 2.23. The van der Waals surface area contributed by atoms with Crippen LogP contribution in [0.2, 0.25) is 0 Å². The van der Waals surface area contributed by atoms with Crippen molar-refractivity contribution in [3.63, 3.8) is 0 Å². The number of hydrogen-bond acceptors (Lipinski definition) is 3. The number of likely N-dealkylation sites (tertiary alicyclic amines) is 1. The monoisotopic (exact) mass is 242 g/mol. The van der Waals surface area contributed by atoms with Crippen molar-refractivity contribution in [2.24, 2.45) is 11.8 Å². The number of piperidine rings is 1. The van der Waals surface area contributed by atoms with Crippen LogP contribution >= 0.6 is 0 Å². The second-order valence-corrected chi connectivity index (χ2v) is 5.83. The van der Waals surface area contributed by atoms with Crippen molar-refractivity contribution < 1.29 is 5.11 Å². The first-order valence-corrected chi connectivity index (χ1v) is 7.22. The standard InChI is InChI=1S/C14H30N2O/c1-4-6-15-14(5-7-17)11-16-9-12(2)8-13(3)10-16/h12-15,17H,4-11H2,1-3H3. The van der Waals surface area contributed by atoms with E-state index < -0.39 is 0 Å². The van der Waals surface area contributed by atoms with Gasteiger partial charge in [-0.1, -0.05) is 20.8 Å². The summed E-state index contributed by atoms with van der Waals surface area (Å²) in [6.45, 7) is 11.8. The van der Waals surface area contributed by atoms with Gasteiger partial charge in [0.05, 0.1) is 0 Å². The molecule has 0 radical (unpaired) electrons. The zero-order valence-corrected chi connectivity index (χ0v) is 11.8. The fraction of sp³-hybridized carbons (Fsp3) is 1.00. The van der Waals surface area contributed by atoms with E-state index in [1.54, 1.807) is 0 Å². The maximum Gasteiger partial charge on any atom is 0.0446 e. The van der Waals surface area contributed by atoms with Crippen LogP contribution in [0.15, 0.2) is 0 Å². The zero-order valence-electron chi connectivity index (χ0n) is 11.8. The van der Waals surface area contributed by atoms with Crippen LogP contribution in [0.5, 0.6) is 0 Å². The molecule has 3 atom stereocenters. The first-order chi connectivity index (χ1) is 8.15. The minimum Gasteiger partial charge on any atom is -0.396 e. The van der Waals surface area contributed by atoms with Gasteiger partial charge in [-0.3, -0.25) is 0 Å². The fourth-order valence-electron chi connectivity index (χ4n) is 3.01. The van der Waals surface area contributed by atoms with E-state index in [1.165, 1.54) is 19.5 Å². The Hall–Kier alpha value is -0.120. The van der Waals surface area contributed by atoms with Crippen molar-refractivity contribution in [1.82, 2.24) is 10.2 Å². The number of nitrogens with one attached hydrogen (secondary N) is 1. The third kappa shape index (κ3) is 5.84. The maximum absolute atomic E-state index is 9.11. The molecule has 17 heavy (non-hydrogen) atoms. The molecule has 0 bridgehead atoms. The van der Waals surface area contributed by atoms with E-state index in [0.29, 0.717) is 12.6 Å². The minimum atomic E-state index is 0.292. The van der Waals surface area contributed by atoms with Gasteiger partial charge in [0, 0.05) is 32.3 Å². The molecule has 0 aromatic heterocycles. The molecule has 3 unspecified atom stereocenters. The van der Waals surface area contributed by atoms with Crippen LogP contribution < -0.4 is 5.32 Å². The number of aliphatic hydroxyl groups is 1. The molecule has 0 aromatic carbocycles. The second kappa shape index (κ2) is 8.06. The van der Waals surface area contributed by atoms with Crippen LogP contribution in [0.1, 0.15) is 40.0 Å². The molecule has 0 aliphatic carbocycles. The Morgan fingerprint density at radius 2 is 1.94 bits per heavy atom. The van der Waals surface area contributed by atoms with Gasteiger partial charge in [0.2, 0.25) is 0 Å². The van der Waals surface area contributed by atoms with Gasteiger partial charge in [0.25, 0.3) is 0 Å². The number of aliphatic hydroxyl groups excluding tert-OH is 1. The molecule has 1 aliphatic heterocycles. The zero-order chi connectivity index (χ0) is 12.7. The lowest BCUT2D eigenvalue weighted by molar-refractivity contribution is 0.122. The molecule has 1 heterocycles. The summed E-state index contributed by atoms with van der Waals surface area (Å²) in [4.78, 5) is 2.57. The Morgan fingerprint density at radius 1 is 1.29 bits per heavy atom. The van der Waals surface area contributed by atoms with Gasteiger partial charge < -0.3 is 15.3 Å². The highest BCUT2D eigenvalue weighted by Crippen LogP contribution is 2.21. The second-order valence-electron chi connectivity index (χ2n) is 5.83. The molecule has 1 saturated heterocycles. The molecule has 2 N–H and O–H groups in total. The predicted octanol–water partition coefficient (Wildman–Crippen LogP) is 1.71. The van der Waals surface area contributed by atoms with Crippen LogP contribution in [0.4, 0.5) is 0 Å². The molecule has 1 aliphatic rings. The first kappa shape index (κ1) is 14.9. The van der Waals surface area contributed by atoms with Gasteiger partial charge >= 0.3 is 0 Å². The highest BCUT2D eigenvalue weighted by molar-refractivity contribution is 4.79. The smallest absolute Gasteiger partial charge is 0.0446 e. The van der Waals surface area contributed by atoms with Gasteiger partial charge in [0.15, 0.2) is 0 Å². The van der Waals surface area contributed by atoms with E-state index in [0.717, 1.165) is 37.8 Å². The van der Waals surface area contributed by atoms with Crippen molar-refractivity contribution in [2.75, 3.05) is 32.8 Å². The van der Waals surface area contributed by atoms with Gasteiger partial charge in [-0.05, 0) is 37.6 Å². The van der Waals surface area contributed by atoms with Crippen LogP contribution in [-0.4, -0.2) is 48.8 Å². The van der Waals surface area contributed by atoms with Crippen molar-refractivity contribution >= 4 is 0 Å². The molecule has 0 spiro atoms. The van der Waals surface area contributed by atoms with Crippen molar-refractivity contribution in [1.29, 1.82) is 0 Å². The molecule has 0 amide bonds.